The van der Waals surface area contributed by atoms with Gasteiger partial charge in [-0.15, -0.1) is 0 Å². The van der Waals surface area contributed by atoms with Gasteiger partial charge in [-0.25, -0.2) is 0 Å². The molecule has 0 radical (unpaired) electrons. The van der Waals surface area contributed by atoms with Crippen LogP contribution in [-0.4, -0.2) is 24.2 Å². The van der Waals surface area contributed by atoms with E-state index in [9.17, 15) is 9.90 Å². The van der Waals surface area contributed by atoms with E-state index in [4.69, 9.17) is 5.26 Å². The fraction of sp³-hybridized carbons (Fsp3) is 0.417. The molecular formula is C24H29N3O2. The summed E-state index contributed by atoms with van der Waals surface area (Å²) in [6.07, 6.45) is 3.26. The standard InChI is InChI=1S/C24H29N3O2/c1-3-19(15-24(28)29)20-6-9-23(27-12-10-17(2)11-13-27)22(14-20)26-21-7-4-18(16-25)5-8-21/h4-9,14,17,19,26H,3,10-13,15H2,1-2H3,(H,28,29). The van der Waals surface area contributed by atoms with Crippen LogP contribution in [0, 0.1) is 17.2 Å². The van der Waals surface area contributed by atoms with Gasteiger partial charge in [0.25, 0.3) is 0 Å². The third kappa shape index (κ3) is 5.29. The Morgan fingerprint density at radius 3 is 2.52 bits per heavy atom. The Morgan fingerprint density at radius 1 is 1.24 bits per heavy atom. The predicted molar refractivity (Wildman–Crippen MR) is 117 cm³/mol. The van der Waals surface area contributed by atoms with Crippen LogP contribution in [0.1, 0.15) is 56.6 Å². The van der Waals surface area contributed by atoms with Crippen molar-refractivity contribution in [2.24, 2.45) is 5.92 Å². The molecule has 0 aliphatic carbocycles. The van der Waals surface area contributed by atoms with Crippen molar-refractivity contribution in [3.8, 4) is 6.07 Å². The van der Waals surface area contributed by atoms with Crippen LogP contribution >= 0.6 is 0 Å². The number of hydrogen-bond acceptors (Lipinski definition) is 4. The van der Waals surface area contributed by atoms with E-state index in [0.29, 0.717) is 5.56 Å². The molecule has 3 rings (SSSR count). The molecule has 0 spiro atoms. The number of carbonyl (C=O) groups is 1. The molecule has 1 fully saturated rings. The molecular weight excluding hydrogens is 362 g/mol. The smallest absolute Gasteiger partial charge is 0.303 e. The molecule has 0 aromatic heterocycles. The van der Waals surface area contributed by atoms with E-state index < -0.39 is 5.97 Å². The molecule has 0 bridgehead atoms. The highest BCUT2D eigenvalue weighted by atomic mass is 16.4. The third-order valence-corrected chi connectivity index (χ3v) is 5.82. The van der Waals surface area contributed by atoms with Gasteiger partial charge in [-0.2, -0.15) is 5.26 Å². The Labute approximate surface area is 173 Å². The van der Waals surface area contributed by atoms with E-state index in [0.717, 1.165) is 48.1 Å². The number of rotatable bonds is 7. The summed E-state index contributed by atoms with van der Waals surface area (Å²) in [6, 6.07) is 15.9. The molecule has 2 aromatic carbocycles. The van der Waals surface area contributed by atoms with Gasteiger partial charge in [0, 0.05) is 18.8 Å². The number of benzene rings is 2. The van der Waals surface area contributed by atoms with E-state index in [1.54, 1.807) is 12.1 Å². The summed E-state index contributed by atoms with van der Waals surface area (Å²) in [5.41, 5.74) is 4.72. The van der Waals surface area contributed by atoms with Crippen molar-refractivity contribution < 1.29 is 9.90 Å². The van der Waals surface area contributed by atoms with E-state index in [-0.39, 0.29) is 12.3 Å². The summed E-state index contributed by atoms with van der Waals surface area (Å²) in [4.78, 5) is 13.7. The van der Waals surface area contributed by atoms with E-state index in [2.05, 4.69) is 41.4 Å². The van der Waals surface area contributed by atoms with Crippen LogP contribution in [0.5, 0.6) is 0 Å². The monoisotopic (exact) mass is 391 g/mol. The Balaban J connectivity index is 1.93. The van der Waals surface area contributed by atoms with Crippen LogP contribution in [0.4, 0.5) is 17.1 Å². The van der Waals surface area contributed by atoms with E-state index in [1.165, 1.54) is 12.8 Å². The largest absolute Gasteiger partial charge is 0.481 e. The predicted octanol–water partition coefficient (Wildman–Crippen LogP) is 5.51. The van der Waals surface area contributed by atoms with Crippen molar-refractivity contribution in [2.45, 2.75) is 45.4 Å². The van der Waals surface area contributed by atoms with Crippen molar-refractivity contribution in [3.63, 3.8) is 0 Å². The lowest BCUT2D eigenvalue weighted by molar-refractivity contribution is -0.137. The zero-order valence-corrected chi connectivity index (χ0v) is 17.2. The maximum atomic E-state index is 11.3. The van der Waals surface area contributed by atoms with Crippen molar-refractivity contribution in [3.05, 3.63) is 53.6 Å². The van der Waals surface area contributed by atoms with Gasteiger partial charge in [-0.05, 0) is 73.1 Å². The van der Waals surface area contributed by atoms with Gasteiger partial charge in [0.15, 0.2) is 0 Å². The molecule has 1 unspecified atom stereocenters. The fourth-order valence-electron chi connectivity index (χ4n) is 3.93. The summed E-state index contributed by atoms with van der Waals surface area (Å²) in [7, 11) is 0. The first-order valence-electron chi connectivity index (χ1n) is 10.4. The number of anilines is 3. The first-order valence-corrected chi connectivity index (χ1v) is 10.4. The molecule has 1 aliphatic heterocycles. The minimum Gasteiger partial charge on any atom is -0.481 e. The Bertz CT molecular complexity index is 878. The van der Waals surface area contributed by atoms with E-state index in [1.807, 2.05) is 19.1 Å². The Morgan fingerprint density at radius 2 is 1.93 bits per heavy atom. The maximum Gasteiger partial charge on any atom is 0.303 e. The molecule has 0 saturated carbocycles. The Hall–Kier alpha value is -3.00. The number of hydrogen-bond donors (Lipinski definition) is 2. The van der Waals surface area contributed by atoms with Crippen LogP contribution in [0.25, 0.3) is 0 Å². The number of carboxylic acid groups (broad SMARTS) is 1. The molecule has 2 N–H and O–H groups in total. The van der Waals surface area contributed by atoms with Crippen LogP contribution in [0.15, 0.2) is 42.5 Å². The van der Waals surface area contributed by atoms with Crippen molar-refractivity contribution in [2.75, 3.05) is 23.3 Å². The normalized spacial score (nSPS) is 15.6. The number of aliphatic carboxylic acids is 1. The molecule has 29 heavy (non-hydrogen) atoms. The topological polar surface area (TPSA) is 76.4 Å². The Kier molecular flexibility index (Phi) is 6.77. The third-order valence-electron chi connectivity index (χ3n) is 5.82. The van der Waals surface area contributed by atoms with E-state index >= 15 is 0 Å². The first kappa shape index (κ1) is 20.7. The van der Waals surface area contributed by atoms with Gasteiger partial charge >= 0.3 is 5.97 Å². The van der Waals surface area contributed by atoms with Crippen LogP contribution < -0.4 is 10.2 Å². The van der Waals surface area contributed by atoms with Crippen molar-refractivity contribution in [1.29, 1.82) is 5.26 Å². The summed E-state index contributed by atoms with van der Waals surface area (Å²) in [6.45, 7) is 6.37. The lowest BCUT2D eigenvalue weighted by Crippen LogP contribution is -2.33. The number of nitriles is 1. The summed E-state index contributed by atoms with van der Waals surface area (Å²) >= 11 is 0. The van der Waals surface area contributed by atoms with Crippen LogP contribution in [0.2, 0.25) is 0 Å². The zero-order chi connectivity index (χ0) is 20.8. The first-order chi connectivity index (χ1) is 14.0. The maximum absolute atomic E-state index is 11.3. The zero-order valence-electron chi connectivity index (χ0n) is 17.2. The number of nitrogens with zero attached hydrogens (tertiary/aromatic N) is 2. The number of carboxylic acids is 1. The van der Waals surface area contributed by atoms with Gasteiger partial charge in [-0.1, -0.05) is 19.9 Å². The molecule has 0 amide bonds. The summed E-state index contributed by atoms with van der Waals surface area (Å²) in [5, 5.41) is 21.8. The molecule has 5 nitrogen and oxygen atoms in total. The minimum absolute atomic E-state index is 0.00978. The second kappa shape index (κ2) is 9.47. The lowest BCUT2D eigenvalue weighted by Gasteiger charge is -2.34. The highest BCUT2D eigenvalue weighted by Crippen LogP contribution is 2.36. The fourth-order valence-corrected chi connectivity index (χ4v) is 3.93. The molecule has 5 heteroatoms. The van der Waals surface area contributed by atoms with Crippen molar-refractivity contribution >= 4 is 23.0 Å². The molecule has 152 valence electrons. The highest BCUT2D eigenvalue weighted by Gasteiger charge is 2.21. The van der Waals surface area contributed by atoms with Crippen LogP contribution in [-0.2, 0) is 4.79 Å². The quantitative estimate of drug-likeness (QED) is 0.651. The second-order valence-electron chi connectivity index (χ2n) is 7.96. The van der Waals surface area contributed by atoms with Crippen LogP contribution in [0.3, 0.4) is 0 Å². The average Bonchev–Trinajstić information content (AvgIpc) is 2.73. The molecule has 2 aromatic rings. The lowest BCUT2D eigenvalue weighted by atomic mass is 9.92. The van der Waals surface area contributed by atoms with Gasteiger partial charge in [0.2, 0.25) is 0 Å². The molecule has 1 saturated heterocycles. The van der Waals surface area contributed by atoms with Gasteiger partial charge < -0.3 is 15.3 Å². The van der Waals surface area contributed by atoms with Crippen molar-refractivity contribution in [1.82, 2.24) is 0 Å². The van der Waals surface area contributed by atoms with Gasteiger partial charge in [-0.3, -0.25) is 4.79 Å². The summed E-state index contributed by atoms with van der Waals surface area (Å²) in [5.74, 6) is -0.0301. The second-order valence-corrected chi connectivity index (χ2v) is 7.96. The van der Waals surface area contributed by atoms with Gasteiger partial charge in [0.1, 0.15) is 0 Å². The number of piperidine rings is 1. The molecule has 1 heterocycles. The van der Waals surface area contributed by atoms with Gasteiger partial charge in [0.05, 0.1) is 29.4 Å². The summed E-state index contributed by atoms with van der Waals surface area (Å²) < 4.78 is 0. The molecule has 1 aliphatic rings. The number of nitrogens with one attached hydrogen (secondary N) is 1. The highest BCUT2D eigenvalue weighted by molar-refractivity contribution is 5.77. The average molecular weight is 392 g/mol. The minimum atomic E-state index is -0.771. The SMILES string of the molecule is CCC(CC(=O)O)c1ccc(N2CCC(C)CC2)c(Nc2ccc(C#N)cc2)c1. The molecule has 1 atom stereocenters.